The number of fused-ring (bicyclic) bond motifs is 1. The third-order valence-electron chi connectivity index (χ3n) is 4.35. The van der Waals surface area contributed by atoms with Gasteiger partial charge in [-0.3, -0.25) is 4.79 Å². The summed E-state index contributed by atoms with van der Waals surface area (Å²) in [5.74, 6) is 0.610. The Morgan fingerprint density at radius 2 is 1.70 bits per heavy atom. The first-order chi connectivity index (χ1) is 13.1. The van der Waals surface area contributed by atoms with E-state index in [0.29, 0.717) is 21.8 Å². The van der Waals surface area contributed by atoms with Crippen molar-refractivity contribution in [2.75, 3.05) is 0 Å². The van der Waals surface area contributed by atoms with Crippen molar-refractivity contribution < 1.29 is 9.15 Å². The zero-order valence-corrected chi connectivity index (χ0v) is 15.5. The first-order valence-electron chi connectivity index (χ1n) is 8.62. The van der Waals surface area contributed by atoms with E-state index >= 15 is 0 Å². The number of halogens is 1. The Hall–Kier alpha value is -3.04. The molecule has 0 unspecified atom stereocenters. The van der Waals surface area contributed by atoms with Gasteiger partial charge in [-0.15, -0.1) is 0 Å². The van der Waals surface area contributed by atoms with Crippen molar-refractivity contribution in [2.45, 2.75) is 13.5 Å². The number of benzene rings is 3. The van der Waals surface area contributed by atoms with E-state index in [4.69, 9.17) is 20.8 Å². The first kappa shape index (κ1) is 17.4. The first-order valence-corrected chi connectivity index (χ1v) is 9.00. The predicted molar refractivity (Wildman–Crippen MR) is 108 cm³/mol. The molecule has 27 heavy (non-hydrogen) atoms. The van der Waals surface area contributed by atoms with Crippen LogP contribution < -0.4 is 10.2 Å². The van der Waals surface area contributed by atoms with Crippen LogP contribution in [0.2, 0.25) is 5.02 Å². The molecule has 0 N–H and O–H groups in total. The van der Waals surface area contributed by atoms with Gasteiger partial charge in [-0.2, -0.15) is 0 Å². The molecule has 0 atom stereocenters. The van der Waals surface area contributed by atoms with Gasteiger partial charge in [-0.1, -0.05) is 71.8 Å². The quantitative estimate of drug-likeness (QED) is 0.438. The van der Waals surface area contributed by atoms with Crippen molar-refractivity contribution in [3.8, 4) is 17.1 Å². The Morgan fingerprint density at radius 1 is 0.963 bits per heavy atom. The van der Waals surface area contributed by atoms with Crippen molar-refractivity contribution in [2.24, 2.45) is 0 Å². The van der Waals surface area contributed by atoms with Crippen LogP contribution in [0.4, 0.5) is 0 Å². The lowest BCUT2D eigenvalue weighted by molar-refractivity contribution is 0.298. The molecule has 0 aliphatic carbocycles. The molecule has 0 saturated heterocycles. The summed E-state index contributed by atoms with van der Waals surface area (Å²) in [7, 11) is 0. The minimum absolute atomic E-state index is 0.191. The van der Waals surface area contributed by atoms with E-state index in [9.17, 15) is 4.79 Å². The van der Waals surface area contributed by atoms with Crippen molar-refractivity contribution in [1.29, 1.82) is 0 Å². The second kappa shape index (κ2) is 7.29. The average Bonchev–Trinajstić information content (AvgIpc) is 2.69. The van der Waals surface area contributed by atoms with Crippen LogP contribution >= 0.6 is 11.6 Å². The zero-order chi connectivity index (χ0) is 18.8. The van der Waals surface area contributed by atoms with Gasteiger partial charge >= 0.3 is 0 Å². The second-order valence-corrected chi connectivity index (χ2v) is 6.81. The Balaban J connectivity index is 1.84. The summed E-state index contributed by atoms with van der Waals surface area (Å²) < 4.78 is 12.0. The van der Waals surface area contributed by atoms with Gasteiger partial charge in [-0.05, 0) is 30.7 Å². The molecule has 1 heterocycles. The molecule has 0 amide bonds. The van der Waals surface area contributed by atoms with Crippen LogP contribution in [0.5, 0.6) is 5.75 Å². The van der Waals surface area contributed by atoms with E-state index in [1.807, 2.05) is 61.5 Å². The second-order valence-electron chi connectivity index (χ2n) is 6.37. The molecule has 4 aromatic rings. The lowest BCUT2D eigenvalue weighted by Gasteiger charge is -2.12. The molecule has 0 spiro atoms. The van der Waals surface area contributed by atoms with Gasteiger partial charge in [0.25, 0.3) is 0 Å². The number of rotatable bonds is 4. The highest BCUT2D eigenvalue weighted by Gasteiger charge is 2.18. The fourth-order valence-electron chi connectivity index (χ4n) is 2.90. The summed E-state index contributed by atoms with van der Waals surface area (Å²) in [4.78, 5) is 13.1. The van der Waals surface area contributed by atoms with E-state index in [1.165, 1.54) is 5.56 Å². The Morgan fingerprint density at radius 3 is 2.44 bits per heavy atom. The maximum absolute atomic E-state index is 13.1. The topological polar surface area (TPSA) is 39.4 Å². The third kappa shape index (κ3) is 3.60. The van der Waals surface area contributed by atoms with Crippen LogP contribution in [0.15, 0.2) is 82.0 Å². The molecule has 0 aliphatic heterocycles. The summed E-state index contributed by atoms with van der Waals surface area (Å²) in [5.41, 5.74) is 3.18. The van der Waals surface area contributed by atoms with Crippen LogP contribution in [0, 0.1) is 6.92 Å². The summed E-state index contributed by atoms with van der Waals surface area (Å²) >= 11 is 6.07. The molecule has 134 valence electrons. The lowest BCUT2D eigenvalue weighted by Crippen LogP contribution is -2.10. The fraction of sp³-hybridized carbons (Fsp3) is 0.0870. The van der Waals surface area contributed by atoms with Crippen LogP contribution in [0.25, 0.3) is 22.3 Å². The average molecular weight is 377 g/mol. The minimum atomic E-state index is -0.232. The number of hydrogen-bond acceptors (Lipinski definition) is 3. The van der Waals surface area contributed by atoms with Crippen LogP contribution in [-0.2, 0) is 6.61 Å². The predicted octanol–water partition coefficient (Wildman–Crippen LogP) is 6.00. The maximum Gasteiger partial charge on any atom is 0.235 e. The van der Waals surface area contributed by atoms with Crippen LogP contribution in [0.3, 0.4) is 0 Å². The highest BCUT2D eigenvalue weighted by Crippen LogP contribution is 2.32. The van der Waals surface area contributed by atoms with Gasteiger partial charge in [0.2, 0.25) is 11.2 Å². The summed E-state index contributed by atoms with van der Waals surface area (Å²) in [6.07, 6.45) is 0. The number of hydrogen-bond donors (Lipinski definition) is 0. The summed E-state index contributed by atoms with van der Waals surface area (Å²) in [6.45, 7) is 2.30. The van der Waals surface area contributed by atoms with Gasteiger partial charge in [0.05, 0.1) is 5.39 Å². The monoisotopic (exact) mass is 376 g/mol. The Kier molecular flexibility index (Phi) is 4.69. The molecular formula is C23H17ClO3. The highest BCUT2D eigenvalue weighted by atomic mass is 35.5. The van der Waals surface area contributed by atoms with Crippen molar-refractivity contribution >= 4 is 22.6 Å². The van der Waals surface area contributed by atoms with Crippen molar-refractivity contribution in [3.63, 3.8) is 0 Å². The molecule has 3 nitrogen and oxygen atoms in total. The van der Waals surface area contributed by atoms with Crippen LogP contribution in [0.1, 0.15) is 11.1 Å². The maximum atomic E-state index is 13.1. The van der Waals surface area contributed by atoms with Gasteiger partial charge in [0.15, 0.2) is 5.76 Å². The minimum Gasteiger partial charge on any atom is -0.481 e. The highest BCUT2D eigenvalue weighted by molar-refractivity contribution is 6.31. The molecule has 0 saturated carbocycles. The fourth-order valence-corrected chi connectivity index (χ4v) is 3.07. The molecular weight excluding hydrogens is 360 g/mol. The lowest BCUT2D eigenvalue weighted by atomic mass is 10.1. The standard InChI is InChI=1S/C23H17ClO3/c1-15-7-9-16(10-8-15)14-26-23-21(25)19-13-18(24)11-12-20(19)27-22(23)17-5-3-2-4-6-17/h2-13H,14H2,1H3. The van der Waals surface area contributed by atoms with Gasteiger partial charge < -0.3 is 9.15 Å². The molecule has 1 aromatic heterocycles. The van der Waals surface area contributed by atoms with Crippen molar-refractivity contribution in [1.82, 2.24) is 0 Å². The number of aryl methyl sites for hydroxylation is 1. The Bertz CT molecular complexity index is 1150. The van der Waals surface area contributed by atoms with E-state index in [1.54, 1.807) is 18.2 Å². The van der Waals surface area contributed by atoms with Crippen LogP contribution in [-0.4, -0.2) is 0 Å². The summed E-state index contributed by atoms with van der Waals surface area (Å²) in [6, 6.07) is 22.5. The molecule has 0 radical (unpaired) electrons. The number of ether oxygens (including phenoxy) is 1. The smallest absolute Gasteiger partial charge is 0.235 e. The van der Waals surface area contributed by atoms with Gasteiger partial charge in [0, 0.05) is 10.6 Å². The normalized spacial score (nSPS) is 10.9. The summed E-state index contributed by atoms with van der Waals surface area (Å²) in [5, 5.41) is 0.882. The van der Waals surface area contributed by atoms with E-state index < -0.39 is 0 Å². The van der Waals surface area contributed by atoms with Gasteiger partial charge in [0.1, 0.15) is 12.2 Å². The SMILES string of the molecule is Cc1ccc(COc2c(-c3ccccc3)oc3ccc(Cl)cc3c2=O)cc1. The van der Waals surface area contributed by atoms with Crippen molar-refractivity contribution in [3.05, 3.63) is 99.2 Å². The molecule has 3 aromatic carbocycles. The van der Waals surface area contributed by atoms with E-state index in [2.05, 4.69) is 0 Å². The van der Waals surface area contributed by atoms with Gasteiger partial charge in [-0.25, -0.2) is 0 Å². The zero-order valence-electron chi connectivity index (χ0n) is 14.7. The molecule has 4 heteroatoms. The third-order valence-corrected chi connectivity index (χ3v) is 4.59. The molecule has 0 bridgehead atoms. The largest absolute Gasteiger partial charge is 0.481 e. The molecule has 0 fully saturated rings. The molecule has 4 rings (SSSR count). The molecule has 0 aliphatic rings. The van der Waals surface area contributed by atoms with E-state index in [0.717, 1.165) is 11.1 Å². The van der Waals surface area contributed by atoms with E-state index in [-0.39, 0.29) is 17.8 Å². The Labute approximate surface area is 161 Å².